The first-order valence-electron chi connectivity index (χ1n) is 9.59. The molecule has 3 rings (SSSR count). The van der Waals surface area contributed by atoms with Crippen LogP contribution in [-0.4, -0.2) is 55.6 Å². The van der Waals surface area contributed by atoms with Crippen LogP contribution in [0.4, 0.5) is 0 Å². The molecule has 1 aliphatic heterocycles. The highest BCUT2D eigenvalue weighted by Gasteiger charge is 2.39. The van der Waals surface area contributed by atoms with E-state index in [0.717, 1.165) is 38.6 Å². The van der Waals surface area contributed by atoms with Gasteiger partial charge in [0.2, 0.25) is 5.91 Å². The van der Waals surface area contributed by atoms with Gasteiger partial charge < -0.3 is 9.64 Å². The van der Waals surface area contributed by atoms with Crippen molar-refractivity contribution in [2.45, 2.75) is 77.4 Å². The molecule has 144 valence electrons. The van der Waals surface area contributed by atoms with Crippen molar-refractivity contribution in [1.29, 1.82) is 0 Å². The Bertz CT molecular complexity index is 625. The molecule has 0 spiro atoms. The lowest BCUT2D eigenvalue weighted by Gasteiger charge is -2.37. The van der Waals surface area contributed by atoms with E-state index in [1.165, 1.54) is 0 Å². The van der Waals surface area contributed by atoms with Gasteiger partial charge in [-0.05, 0) is 59.3 Å². The molecular formula is C18H29N5O3. The standard InChI is InChI=1S/C18H29N5O3/c1-18(2,3)26-17(25)13-8-7-12(10-13)16(24)23-9-5-4-6-14(23)11-15-19-21-22-20-15/h12-14H,4-11H2,1-3H3,(H,19,20,21,22)/t12-,13+,14?/m0/s1. The Balaban J connectivity index is 1.60. The van der Waals surface area contributed by atoms with Crippen molar-refractivity contribution in [3.63, 3.8) is 0 Å². The number of nitrogens with zero attached hydrogens (tertiary/aromatic N) is 4. The Morgan fingerprint density at radius 3 is 2.65 bits per heavy atom. The van der Waals surface area contributed by atoms with Crippen LogP contribution in [0.2, 0.25) is 0 Å². The Morgan fingerprint density at radius 2 is 1.96 bits per heavy atom. The van der Waals surface area contributed by atoms with Crippen molar-refractivity contribution in [3.8, 4) is 0 Å². The summed E-state index contributed by atoms with van der Waals surface area (Å²) >= 11 is 0. The second-order valence-corrected chi connectivity index (χ2v) is 8.45. The molecule has 1 aliphatic carbocycles. The van der Waals surface area contributed by atoms with Crippen molar-refractivity contribution in [3.05, 3.63) is 5.82 Å². The lowest BCUT2D eigenvalue weighted by atomic mass is 9.95. The van der Waals surface area contributed by atoms with E-state index < -0.39 is 5.60 Å². The Labute approximate surface area is 154 Å². The maximum atomic E-state index is 13.1. The first kappa shape index (κ1) is 18.8. The highest BCUT2D eigenvalue weighted by Crippen LogP contribution is 2.35. The molecule has 0 bridgehead atoms. The summed E-state index contributed by atoms with van der Waals surface area (Å²) in [6.45, 7) is 6.39. The van der Waals surface area contributed by atoms with E-state index in [0.29, 0.717) is 18.7 Å². The third-order valence-corrected chi connectivity index (χ3v) is 5.24. The molecule has 0 radical (unpaired) electrons. The lowest BCUT2D eigenvalue weighted by Crippen LogP contribution is -2.47. The van der Waals surface area contributed by atoms with Crippen LogP contribution in [0.3, 0.4) is 0 Å². The molecule has 8 nitrogen and oxygen atoms in total. The summed E-state index contributed by atoms with van der Waals surface area (Å²) in [5.41, 5.74) is -0.484. The van der Waals surface area contributed by atoms with Crippen LogP contribution in [0.5, 0.6) is 0 Å². The number of piperidine rings is 1. The summed E-state index contributed by atoms with van der Waals surface area (Å²) < 4.78 is 5.50. The summed E-state index contributed by atoms with van der Waals surface area (Å²) in [6, 6.07) is 0.120. The van der Waals surface area contributed by atoms with Crippen molar-refractivity contribution < 1.29 is 14.3 Å². The predicted octanol–water partition coefficient (Wildman–Crippen LogP) is 1.88. The number of aromatic amines is 1. The molecule has 3 atom stereocenters. The Hall–Kier alpha value is -1.99. The van der Waals surface area contributed by atoms with Gasteiger partial charge in [0.25, 0.3) is 0 Å². The fourth-order valence-corrected chi connectivity index (χ4v) is 4.02. The summed E-state index contributed by atoms with van der Waals surface area (Å²) in [6.07, 6.45) is 5.81. The van der Waals surface area contributed by atoms with Gasteiger partial charge in [0.15, 0.2) is 5.82 Å². The van der Waals surface area contributed by atoms with Gasteiger partial charge in [0, 0.05) is 24.9 Å². The SMILES string of the molecule is CC(C)(C)OC(=O)[C@@H]1CC[C@H](C(=O)N2CCCCC2Cc2nn[nH]n2)C1. The quantitative estimate of drug-likeness (QED) is 0.820. The van der Waals surface area contributed by atoms with Crippen molar-refractivity contribution in [2.75, 3.05) is 6.54 Å². The van der Waals surface area contributed by atoms with Crippen LogP contribution in [0.25, 0.3) is 0 Å². The van der Waals surface area contributed by atoms with Crippen LogP contribution in [-0.2, 0) is 20.7 Å². The second-order valence-electron chi connectivity index (χ2n) is 8.45. The minimum absolute atomic E-state index is 0.0848. The van der Waals surface area contributed by atoms with Crippen LogP contribution in [0, 0.1) is 11.8 Å². The molecule has 1 saturated carbocycles. The number of carbonyl (C=O) groups is 2. The number of rotatable bonds is 4. The van der Waals surface area contributed by atoms with Gasteiger partial charge in [0.05, 0.1) is 5.92 Å². The molecular weight excluding hydrogens is 334 g/mol. The van der Waals surface area contributed by atoms with Gasteiger partial charge in [0.1, 0.15) is 5.60 Å². The minimum Gasteiger partial charge on any atom is -0.460 e. The van der Waals surface area contributed by atoms with E-state index in [-0.39, 0.29) is 29.8 Å². The van der Waals surface area contributed by atoms with E-state index in [2.05, 4.69) is 20.6 Å². The smallest absolute Gasteiger partial charge is 0.309 e. The fraction of sp³-hybridized carbons (Fsp3) is 0.833. The lowest BCUT2D eigenvalue weighted by molar-refractivity contribution is -0.159. The van der Waals surface area contributed by atoms with Crippen LogP contribution in [0.15, 0.2) is 0 Å². The molecule has 1 saturated heterocycles. The van der Waals surface area contributed by atoms with E-state index in [4.69, 9.17) is 4.74 Å². The van der Waals surface area contributed by atoms with Gasteiger partial charge in [-0.15, -0.1) is 10.2 Å². The molecule has 8 heteroatoms. The van der Waals surface area contributed by atoms with Gasteiger partial charge in [-0.25, -0.2) is 0 Å². The van der Waals surface area contributed by atoms with E-state index in [1.807, 2.05) is 25.7 Å². The number of ether oxygens (including phenoxy) is 1. The molecule has 2 aliphatic rings. The van der Waals surface area contributed by atoms with Crippen LogP contribution >= 0.6 is 0 Å². The first-order chi connectivity index (χ1) is 12.3. The van der Waals surface area contributed by atoms with Crippen molar-refractivity contribution in [1.82, 2.24) is 25.5 Å². The average molecular weight is 363 g/mol. The van der Waals surface area contributed by atoms with E-state index >= 15 is 0 Å². The summed E-state index contributed by atoms with van der Waals surface area (Å²) in [5.74, 6) is 0.397. The summed E-state index contributed by atoms with van der Waals surface area (Å²) in [5, 5.41) is 14.1. The fourth-order valence-electron chi connectivity index (χ4n) is 4.02. The molecule has 1 aromatic rings. The molecule has 1 N–H and O–H groups in total. The third-order valence-electron chi connectivity index (χ3n) is 5.24. The molecule has 2 fully saturated rings. The number of H-pyrrole nitrogens is 1. The normalized spacial score (nSPS) is 26.7. The van der Waals surface area contributed by atoms with Crippen LogP contribution in [0.1, 0.15) is 65.1 Å². The number of hydrogen-bond donors (Lipinski definition) is 1. The largest absolute Gasteiger partial charge is 0.460 e. The second kappa shape index (κ2) is 7.72. The van der Waals surface area contributed by atoms with Crippen LogP contribution < -0.4 is 0 Å². The number of hydrogen-bond acceptors (Lipinski definition) is 6. The molecule has 2 heterocycles. The topological polar surface area (TPSA) is 101 Å². The zero-order chi connectivity index (χ0) is 18.7. The highest BCUT2D eigenvalue weighted by molar-refractivity contribution is 5.81. The molecule has 1 amide bonds. The number of nitrogens with one attached hydrogen (secondary N) is 1. The molecule has 26 heavy (non-hydrogen) atoms. The molecule has 1 aromatic heterocycles. The summed E-state index contributed by atoms with van der Waals surface area (Å²) in [7, 11) is 0. The van der Waals surface area contributed by atoms with Gasteiger partial charge in [-0.3, -0.25) is 9.59 Å². The van der Waals surface area contributed by atoms with Gasteiger partial charge in [-0.1, -0.05) is 5.21 Å². The monoisotopic (exact) mass is 363 g/mol. The summed E-state index contributed by atoms with van der Waals surface area (Å²) in [4.78, 5) is 27.4. The number of amides is 1. The zero-order valence-corrected chi connectivity index (χ0v) is 15.9. The first-order valence-corrected chi connectivity index (χ1v) is 9.59. The number of aromatic nitrogens is 4. The van der Waals surface area contributed by atoms with Gasteiger partial charge in [-0.2, -0.15) is 5.21 Å². The number of tetrazole rings is 1. The number of carbonyl (C=O) groups excluding carboxylic acids is 2. The zero-order valence-electron chi connectivity index (χ0n) is 15.9. The molecule has 1 unspecified atom stereocenters. The molecule has 0 aromatic carbocycles. The highest BCUT2D eigenvalue weighted by atomic mass is 16.6. The average Bonchev–Trinajstić information content (AvgIpc) is 3.25. The maximum absolute atomic E-state index is 13.1. The Kier molecular flexibility index (Phi) is 5.58. The van der Waals surface area contributed by atoms with Gasteiger partial charge >= 0.3 is 5.97 Å². The number of likely N-dealkylation sites (tertiary alicyclic amines) is 1. The van der Waals surface area contributed by atoms with E-state index in [9.17, 15) is 9.59 Å². The predicted molar refractivity (Wildman–Crippen MR) is 93.9 cm³/mol. The maximum Gasteiger partial charge on any atom is 0.309 e. The van der Waals surface area contributed by atoms with Crippen molar-refractivity contribution >= 4 is 11.9 Å². The Morgan fingerprint density at radius 1 is 1.19 bits per heavy atom. The number of esters is 1. The van der Waals surface area contributed by atoms with Crippen molar-refractivity contribution in [2.24, 2.45) is 11.8 Å². The minimum atomic E-state index is -0.484. The third kappa shape index (κ3) is 4.59. The van der Waals surface area contributed by atoms with E-state index in [1.54, 1.807) is 0 Å².